The molecule has 9 nitrogen and oxygen atoms in total. The lowest BCUT2D eigenvalue weighted by molar-refractivity contribution is -0.122. The van der Waals surface area contributed by atoms with Gasteiger partial charge < -0.3 is 21.5 Å². The third kappa shape index (κ3) is 5.88. The monoisotopic (exact) mass is 547 g/mol. The van der Waals surface area contributed by atoms with E-state index in [0.29, 0.717) is 22.8 Å². The Kier molecular flexibility index (Phi) is 8.21. The largest absolute Gasteiger partial charge is 0.495 e. The molecule has 0 saturated carbocycles. The van der Waals surface area contributed by atoms with Crippen LogP contribution in [0.25, 0.3) is 0 Å². The molecule has 0 aliphatic heterocycles. The van der Waals surface area contributed by atoms with Crippen LogP contribution in [0, 0.1) is 12.7 Å². The van der Waals surface area contributed by atoms with Crippen molar-refractivity contribution in [3.05, 3.63) is 106 Å². The van der Waals surface area contributed by atoms with Crippen molar-refractivity contribution >= 4 is 40.6 Å². The quantitative estimate of drug-likeness (QED) is 0.289. The molecule has 0 spiro atoms. The lowest BCUT2D eigenvalue weighted by atomic mass is 10.0. The first kappa shape index (κ1) is 27.3. The van der Waals surface area contributed by atoms with E-state index < -0.39 is 29.6 Å². The van der Waals surface area contributed by atoms with Gasteiger partial charge in [-0.05, 0) is 59.4 Å². The Morgan fingerprint density at radius 2 is 1.77 bits per heavy atom. The van der Waals surface area contributed by atoms with Gasteiger partial charge in [0.25, 0.3) is 11.8 Å². The third-order valence-corrected chi connectivity index (χ3v) is 6.82. The van der Waals surface area contributed by atoms with Crippen molar-refractivity contribution in [1.29, 1.82) is 0 Å². The SMILES string of the molecule is COc1ccc(C)cc1N(C(=O)c1snc(C(N)=O)c1N)[C@@H](C(=O)NCc1ccccc1)c1ccc(F)cc1. The number of nitrogen functional groups attached to an aromatic ring is 1. The summed E-state index contributed by atoms with van der Waals surface area (Å²) in [4.78, 5) is 41.0. The Balaban J connectivity index is 1.89. The second kappa shape index (κ2) is 11.7. The highest BCUT2D eigenvalue weighted by Gasteiger charge is 2.37. The second-order valence-electron chi connectivity index (χ2n) is 8.65. The van der Waals surface area contributed by atoms with Crippen molar-refractivity contribution in [1.82, 2.24) is 9.69 Å². The normalized spacial score (nSPS) is 11.5. The van der Waals surface area contributed by atoms with E-state index in [1.54, 1.807) is 18.2 Å². The Hall–Kier alpha value is -4.77. The molecule has 4 rings (SSSR count). The molecule has 0 saturated heterocycles. The minimum atomic E-state index is -1.28. The van der Waals surface area contributed by atoms with E-state index in [2.05, 4.69) is 9.69 Å². The van der Waals surface area contributed by atoms with E-state index in [0.717, 1.165) is 11.1 Å². The van der Waals surface area contributed by atoms with Gasteiger partial charge >= 0.3 is 0 Å². The van der Waals surface area contributed by atoms with Gasteiger partial charge in [-0.15, -0.1) is 0 Å². The predicted molar refractivity (Wildman–Crippen MR) is 147 cm³/mol. The summed E-state index contributed by atoms with van der Waals surface area (Å²) in [6.07, 6.45) is 0. The van der Waals surface area contributed by atoms with Gasteiger partial charge in [0.2, 0.25) is 5.91 Å². The highest BCUT2D eigenvalue weighted by Crippen LogP contribution is 2.38. The van der Waals surface area contributed by atoms with Crippen LogP contribution >= 0.6 is 11.5 Å². The number of nitrogens with zero attached hydrogens (tertiary/aromatic N) is 2. The topological polar surface area (TPSA) is 141 Å². The predicted octanol–water partition coefficient (Wildman–Crippen LogP) is 3.98. The Bertz CT molecular complexity index is 1510. The fourth-order valence-electron chi connectivity index (χ4n) is 4.04. The Labute approximate surface area is 228 Å². The van der Waals surface area contributed by atoms with Gasteiger partial charge in [0.15, 0.2) is 5.69 Å². The van der Waals surface area contributed by atoms with Crippen LogP contribution in [0.15, 0.2) is 72.8 Å². The third-order valence-electron chi connectivity index (χ3n) is 5.97. The summed E-state index contributed by atoms with van der Waals surface area (Å²) >= 11 is 0.691. The first-order valence-corrected chi connectivity index (χ1v) is 12.6. The fourth-order valence-corrected chi connectivity index (χ4v) is 4.78. The number of nitrogens with one attached hydrogen (secondary N) is 1. The van der Waals surface area contributed by atoms with Crippen molar-refractivity contribution in [3.8, 4) is 5.75 Å². The van der Waals surface area contributed by atoms with Crippen molar-refractivity contribution in [2.75, 3.05) is 17.7 Å². The van der Waals surface area contributed by atoms with E-state index >= 15 is 0 Å². The number of hydrogen-bond donors (Lipinski definition) is 3. The molecule has 1 atom stereocenters. The Morgan fingerprint density at radius 1 is 1.08 bits per heavy atom. The molecule has 3 aromatic carbocycles. The molecule has 0 bridgehead atoms. The number of anilines is 2. The van der Waals surface area contributed by atoms with Crippen LogP contribution in [0.4, 0.5) is 15.8 Å². The summed E-state index contributed by atoms with van der Waals surface area (Å²) in [5.74, 6) is -2.36. The van der Waals surface area contributed by atoms with Crippen LogP contribution in [-0.2, 0) is 11.3 Å². The van der Waals surface area contributed by atoms with Crippen LogP contribution in [0.1, 0.15) is 42.9 Å². The molecule has 39 heavy (non-hydrogen) atoms. The molecule has 1 heterocycles. The number of primary amides is 1. The average Bonchev–Trinajstić information content (AvgIpc) is 3.32. The van der Waals surface area contributed by atoms with Gasteiger partial charge in [0.05, 0.1) is 18.5 Å². The number of nitrogens with two attached hydrogens (primary N) is 2. The fraction of sp³-hybridized carbons (Fsp3) is 0.143. The van der Waals surface area contributed by atoms with Crippen molar-refractivity contribution < 1.29 is 23.5 Å². The average molecular weight is 548 g/mol. The molecule has 3 amide bonds. The molecule has 1 aromatic heterocycles. The molecule has 0 unspecified atom stereocenters. The maximum Gasteiger partial charge on any atom is 0.273 e. The van der Waals surface area contributed by atoms with Gasteiger partial charge in [0.1, 0.15) is 22.5 Å². The number of hydrogen-bond acceptors (Lipinski definition) is 7. The van der Waals surface area contributed by atoms with Crippen LogP contribution in [0.3, 0.4) is 0 Å². The maximum atomic E-state index is 14.2. The van der Waals surface area contributed by atoms with E-state index in [-0.39, 0.29) is 28.5 Å². The first-order chi connectivity index (χ1) is 18.7. The van der Waals surface area contributed by atoms with Gasteiger partial charge in [-0.2, -0.15) is 4.37 Å². The molecule has 5 N–H and O–H groups in total. The first-order valence-electron chi connectivity index (χ1n) is 11.8. The van der Waals surface area contributed by atoms with Crippen LogP contribution in [0.5, 0.6) is 5.75 Å². The van der Waals surface area contributed by atoms with Gasteiger partial charge in [-0.3, -0.25) is 19.3 Å². The van der Waals surface area contributed by atoms with Crippen LogP contribution in [0.2, 0.25) is 0 Å². The zero-order valence-electron chi connectivity index (χ0n) is 21.2. The summed E-state index contributed by atoms with van der Waals surface area (Å²) in [5.41, 5.74) is 13.3. The minimum absolute atomic E-state index is 0.0877. The van der Waals surface area contributed by atoms with Crippen molar-refractivity contribution in [2.45, 2.75) is 19.5 Å². The lowest BCUT2D eigenvalue weighted by Crippen LogP contribution is -2.44. The smallest absolute Gasteiger partial charge is 0.273 e. The highest BCUT2D eigenvalue weighted by atomic mass is 32.1. The number of methoxy groups -OCH3 is 1. The molecule has 11 heteroatoms. The number of ether oxygens (including phenoxy) is 1. The van der Waals surface area contributed by atoms with E-state index in [1.807, 2.05) is 37.3 Å². The lowest BCUT2D eigenvalue weighted by Gasteiger charge is -2.32. The minimum Gasteiger partial charge on any atom is -0.495 e. The van der Waals surface area contributed by atoms with Crippen LogP contribution < -0.4 is 26.4 Å². The molecule has 4 aromatic rings. The van der Waals surface area contributed by atoms with Crippen molar-refractivity contribution in [2.24, 2.45) is 5.73 Å². The second-order valence-corrected chi connectivity index (χ2v) is 9.42. The summed E-state index contributed by atoms with van der Waals surface area (Å²) in [6.45, 7) is 2.00. The molecule has 0 fully saturated rings. The number of aromatic nitrogens is 1. The summed E-state index contributed by atoms with van der Waals surface area (Å²) in [7, 11) is 1.44. The summed E-state index contributed by atoms with van der Waals surface area (Å²) in [6, 6.07) is 18.4. The molecular weight excluding hydrogens is 521 g/mol. The molecule has 200 valence electrons. The van der Waals surface area contributed by atoms with Gasteiger partial charge in [-0.25, -0.2) is 4.39 Å². The van der Waals surface area contributed by atoms with E-state index in [1.165, 1.54) is 36.3 Å². The van der Waals surface area contributed by atoms with Gasteiger partial charge in [-0.1, -0.05) is 48.5 Å². The number of halogens is 1. The number of carbonyl (C=O) groups excluding carboxylic acids is 3. The zero-order valence-corrected chi connectivity index (χ0v) is 22.0. The summed E-state index contributed by atoms with van der Waals surface area (Å²) in [5, 5.41) is 2.87. The maximum absolute atomic E-state index is 14.2. The number of aryl methyl sites for hydroxylation is 1. The standard InChI is InChI=1S/C28H26FN5O4S/c1-16-8-13-21(38-2)20(14-16)34(28(37)25-22(30)23(26(31)35)33-39-25)24(18-9-11-19(29)12-10-18)27(36)32-15-17-6-4-3-5-7-17/h3-14,24H,15,30H2,1-2H3,(H2,31,35)(H,32,36)/t24-/m1/s1. The Morgan fingerprint density at radius 3 is 2.38 bits per heavy atom. The van der Waals surface area contributed by atoms with Crippen molar-refractivity contribution in [3.63, 3.8) is 0 Å². The molecule has 0 aliphatic carbocycles. The molecule has 0 aliphatic rings. The number of carbonyl (C=O) groups is 3. The van der Waals surface area contributed by atoms with Crippen LogP contribution in [-0.4, -0.2) is 29.2 Å². The zero-order chi connectivity index (χ0) is 28.1. The number of benzene rings is 3. The number of amides is 3. The van der Waals surface area contributed by atoms with E-state index in [4.69, 9.17) is 16.2 Å². The van der Waals surface area contributed by atoms with Gasteiger partial charge in [0, 0.05) is 6.54 Å². The number of rotatable bonds is 9. The molecule has 0 radical (unpaired) electrons. The summed E-state index contributed by atoms with van der Waals surface area (Å²) < 4.78 is 23.4. The van der Waals surface area contributed by atoms with E-state index in [9.17, 15) is 18.8 Å². The highest BCUT2D eigenvalue weighted by molar-refractivity contribution is 7.09. The molecular formula is C28H26FN5O4S.